The van der Waals surface area contributed by atoms with Crippen LogP contribution in [0.3, 0.4) is 0 Å². The van der Waals surface area contributed by atoms with Gasteiger partial charge in [-0.2, -0.15) is 0 Å². The van der Waals surface area contributed by atoms with Gasteiger partial charge in [0.05, 0.1) is 26.3 Å². The summed E-state index contributed by atoms with van der Waals surface area (Å²) < 4.78 is 0. The summed E-state index contributed by atoms with van der Waals surface area (Å²) >= 11 is 0. The van der Waals surface area contributed by atoms with Gasteiger partial charge in [0, 0.05) is 6.08 Å². The van der Waals surface area contributed by atoms with Gasteiger partial charge in [-0.15, -0.1) is 5.06 Å². The number of aliphatic hydroxyl groups is 2. The standard InChI is InChI=1S/C13H17NO5/c15-9-7-14(8-10-16)19-13(18)6-3-11-1-4-12(17)5-2-11/h1-6,15-17H,7-10H2/b6-3+. The molecule has 0 saturated carbocycles. The number of nitrogens with zero attached hydrogens (tertiary/aromatic N) is 1. The molecule has 104 valence electrons. The van der Waals surface area contributed by atoms with Crippen molar-refractivity contribution in [2.75, 3.05) is 26.3 Å². The predicted molar refractivity (Wildman–Crippen MR) is 69.0 cm³/mol. The number of hydrogen-bond donors (Lipinski definition) is 3. The molecule has 6 nitrogen and oxygen atoms in total. The van der Waals surface area contributed by atoms with Crippen LogP contribution in [-0.4, -0.2) is 52.7 Å². The minimum atomic E-state index is -0.602. The number of hydroxylamine groups is 2. The molecule has 3 N–H and O–H groups in total. The molecule has 0 bridgehead atoms. The zero-order valence-corrected chi connectivity index (χ0v) is 10.4. The Morgan fingerprint density at radius 2 is 1.74 bits per heavy atom. The number of phenolic OH excluding ortho intramolecular Hbond substituents is 1. The van der Waals surface area contributed by atoms with Crippen LogP contribution in [0, 0.1) is 0 Å². The number of hydrogen-bond acceptors (Lipinski definition) is 6. The van der Waals surface area contributed by atoms with Gasteiger partial charge in [0.2, 0.25) is 0 Å². The van der Waals surface area contributed by atoms with E-state index in [2.05, 4.69) is 0 Å². The first-order valence-electron chi connectivity index (χ1n) is 5.81. The average Bonchev–Trinajstić information content (AvgIpc) is 2.39. The number of carbonyl (C=O) groups is 1. The molecule has 0 unspecified atom stereocenters. The lowest BCUT2D eigenvalue weighted by molar-refractivity contribution is -0.187. The lowest BCUT2D eigenvalue weighted by atomic mass is 10.2. The molecule has 0 aliphatic rings. The van der Waals surface area contributed by atoms with Crippen molar-refractivity contribution < 1.29 is 25.0 Å². The van der Waals surface area contributed by atoms with Crippen LogP contribution in [0.1, 0.15) is 5.56 Å². The van der Waals surface area contributed by atoms with Gasteiger partial charge < -0.3 is 20.2 Å². The third kappa shape index (κ3) is 6.01. The van der Waals surface area contributed by atoms with Crippen LogP contribution in [-0.2, 0) is 9.63 Å². The van der Waals surface area contributed by atoms with E-state index >= 15 is 0 Å². The Kier molecular flexibility index (Phi) is 6.59. The summed E-state index contributed by atoms with van der Waals surface area (Å²) in [5.74, 6) is -0.452. The van der Waals surface area contributed by atoms with E-state index in [1.54, 1.807) is 12.1 Å². The van der Waals surface area contributed by atoms with Crippen LogP contribution >= 0.6 is 0 Å². The number of aliphatic hydroxyl groups excluding tert-OH is 2. The molecule has 0 atom stereocenters. The lowest BCUT2D eigenvalue weighted by Gasteiger charge is -2.17. The van der Waals surface area contributed by atoms with Crippen molar-refractivity contribution >= 4 is 12.0 Å². The summed E-state index contributed by atoms with van der Waals surface area (Å²) in [5, 5.41) is 27.8. The largest absolute Gasteiger partial charge is 0.508 e. The molecule has 0 amide bonds. The van der Waals surface area contributed by atoms with Gasteiger partial charge in [-0.3, -0.25) is 0 Å². The maximum Gasteiger partial charge on any atom is 0.349 e. The molecule has 0 radical (unpaired) electrons. The summed E-state index contributed by atoms with van der Waals surface area (Å²) in [6.45, 7) is -0.0669. The molecule has 0 fully saturated rings. The smallest absolute Gasteiger partial charge is 0.349 e. The Morgan fingerprint density at radius 3 is 2.26 bits per heavy atom. The van der Waals surface area contributed by atoms with E-state index in [-0.39, 0.29) is 32.1 Å². The Labute approximate surface area is 111 Å². The Morgan fingerprint density at radius 1 is 1.16 bits per heavy atom. The second kappa shape index (κ2) is 8.25. The van der Waals surface area contributed by atoms with Crippen molar-refractivity contribution in [1.29, 1.82) is 0 Å². The normalized spacial score (nSPS) is 11.1. The highest BCUT2D eigenvalue weighted by molar-refractivity contribution is 5.86. The van der Waals surface area contributed by atoms with Crippen molar-refractivity contribution in [1.82, 2.24) is 5.06 Å². The molecular weight excluding hydrogens is 250 g/mol. The SMILES string of the molecule is O=C(/C=C/c1ccc(O)cc1)ON(CCO)CCO. The van der Waals surface area contributed by atoms with Crippen molar-refractivity contribution in [3.8, 4) is 5.75 Å². The monoisotopic (exact) mass is 267 g/mol. The van der Waals surface area contributed by atoms with Gasteiger partial charge in [-0.25, -0.2) is 4.79 Å². The number of phenols is 1. The van der Waals surface area contributed by atoms with E-state index in [1.807, 2.05) is 0 Å². The van der Waals surface area contributed by atoms with E-state index in [0.717, 1.165) is 5.56 Å². The van der Waals surface area contributed by atoms with Crippen LogP contribution in [0.15, 0.2) is 30.3 Å². The van der Waals surface area contributed by atoms with E-state index in [0.29, 0.717) is 0 Å². The molecule has 0 heterocycles. The highest BCUT2D eigenvalue weighted by atomic mass is 16.7. The fraction of sp³-hybridized carbons (Fsp3) is 0.308. The predicted octanol–water partition coefficient (Wildman–Crippen LogP) is 0.150. The number of carbonyl (C=O) groups excluding carboxylic acids is 1. The highest BCUT2D eigenvalue weighted by Gasteiger charge is 2.08. The first-order valence-corrected chi connectivity index (χ1v) is 5.81. The molecular formula is C13H17NO5. The quantitative estimate of drug-likeness (QED) is 0.481. The van der Waals surface area contributed by atoms with Crippen molar-refractivity contribution in [3.05, 3.63) is 35.9 Å². The lowest BCUT2D eigenvalue weighted by Crippen LogP contribution is -2.32. The summed E-state index contributed by atoms with van der Waals surface area (Å²) in [6.07, 6.45) is 2.77. The summed E-state index contributed by atoms with van der Waals surface area (Å²) in [4.78, 5) is 16.4. The van der Waals surface area contributed by atoms with E-state index in [9.17, 15) is 4.79 Å². The van der Waals surface area contributed by atoms with Gasteiger partial charge in [0.25, 0.3) is 0 Å². The topological polar surface area (TPSA) is 90.2 Å². The van der Waals surface area contributed by atoms with Gasteiger partial charge >= 0.3 is 5.97 Å². The van der Waals surface area contributed by atoms with Crippen LogP contribution in [0.2, 0.25) is 0 Å². The van der Waals surface area contributed by atoms with Crippen molar-refractivity contribution in [3.63, 3.8) is 0 Å². The Bertz CT molecular complexity index is 410. The first kappa shape index (κ1) is 15.2. The second-order valence-electron chi connectivity index (χ2n) is 3.71. The average molecular weight is 267 g/mol. The first-order chi connectivity index (χ1) is 9.15. The van der Waals surface area contributed by atoms with Gasteiger partial charge in [0.1, 0.15) is 5.75 Å². The maximum absolute atomic E-state index is 11.5. The molecule has 6 heteroatoms. The molecule has 0 aromatic heterocycles. The molecule has 19 heavy (non-hydrogen) atoms. The zero-order valence-electron chi connectivity index (χ0n) is 10.4. The Balaban J connectivity index is 2.51. The van der Waals surface area contributed by atoms with E-state index < -0.39 is 5.97 Å². The van der Waals surface area contributed by atoms with Crippen molar-refractivity contribution in [2.24, 2.45) is 0 Å². The van der Waals surface area contributed by atoms with E-state index in [4.69, 9.17) is 20.2 Å². The number of aromatic hydroxyl groups is 1. The fourth-order valence-corrected chi connectivity index (χ4v) is 1.33. The molecule has 0 saturated heterocycles. The maximum atomic E-state index is 11.5. The van der Waals surface area contributed by atoms with Gasteiger partial charge in [0.15, 0.2) is 0 Å². The molecule has 0 aliphatic heterocycles. The van der Waals surface area contributed by atoms with Crippen molar-refractivity contribution in [2.45, 2.75) is 0 Å². The minimum absolute atomic E-state index is 0.138. The summed E-state index contributed by atoms with van der Waals surface area (Å²) in [7, 11) is 0. The van der Waals surface area contributed by atoms with Gasteiger partial charge in [-0.05, 0) is 23.8 Å². The number of rotatable bonds is 7. The Hall–Kier alpha value is -1.89. The third-order valence-electron chi connectivity index (χ3n) is 2.22. The number of benzene rings is 1. The summed E-state index contributed by atoms with van der Waals surface area (Å²) in [5.41, 5.74) is 0.741. The fourth-order valence-electron chi connectivity index (χ4n) is 1.33. The van der Waals surface area contributed by atoms with Gasteiger partial charge in [-0.1, -0.05) is 12.1 Å². The van der Waals surface area contributed by atoms with Crippen LogP contribution in [0.25, 0.3) is 6.08 Å². The highest BCUT2D eigenvalue weighted by Crippen LogP contribution is 2.10. The zero-order chi connectivity index (χ0) is 14.1. The third-order valence-corrected chi connectivity index (χ3v) is 2.22. The van der Waals surface area contributed by atoms with Crippen LogP contribution < -0.4 is 0 Å². The molecule has 1 aromatic rings. The van der Waals surface area contributed by atoms with E-state index in [1.165, 1.54) is 29.3 Å². The molecule has 1 rings (SSSR count). The second-order valence-corrected chi connectivity index (χ2v) is 3.71. The molecule has 0 aliphatic carbocycles. The molecule has 1 aromatic carbocycles. The molecule has 0 spiro atoms. The van der Waals surface area contributed by atoms with Crippen LogP contribution in [0.5, 0.6) is 5.75 Å². The summed E-state index contributed by atoms with van der Waals surface area (Å²) in [6, 6.07) is 6.32. The minimum Gasteiger partial charge on any atom is -0.508 e. The van der Waals surface area contributed by atoms with Crippen LogP contribution in [0.4, 0.5) is 0 Å².